The number of rotatable bonds is 4. The number of ether oxygens (including phenoxy) is 1. The quantitative estimate of drug-likeness (QED) is 0.910. The Balaban J connectivity index is 1.90. The average molecular weight is 329 g/mol. The Morgan fingerprint density at radius 1 is 1.25 bits per heavy atom. The summed E-state index contributed by atoms with van der Waals surface area (Å²) in [6.45, 7) is 2.15. The normalized spacial score (nSPS) is 22.1. The van der Waals surface area contributed by atoms with Gasteiger partial charge in [0.2, 0.25) is 0 Å². The Morgan fingerprint density at radius 2 is 2.00 bits per heavy atom. The van der Waals surface area contributed by atoms with Gasteiger partial charge in [-0.05, 0) is 18.6 Å². The minimum atomic E-state index is -1.06. The van der Waals surface area contributed by atoms with Gasteiger partial charge >= 0.3 is 5.97 Å². The summed E-state index contributed by atoms with van der Waals surface area (Å²) in [6, 6.07) is 10.5. The van der Waals surface area contributed by atoms with E-state index in [9.17, 15) is 14.7 Å². The van der Waals surface area contributed by atoms with E-state index in [0.717, 1.165) is 5.56 Å². The van der Waals surface area contributed by atoms with Gasteiger partial charge in [0.05, 0.1) is 12.6 Å². The van der Waals surface area contributed by atoms with Gasteiger partial charge in [0.1, 0.15) is 0 Å². The summed E-state index contributed by atoms with van der Waals surface area (Å²) >= 11 is 0. The first-order chi connectivity index (χ1) is 11.6. The van der Waals surface area contributed by atoms with Crippen molar-refractivity contribution >= 4 is 11.9 Å². The summed E-state index contributed by atoms with van der Waals surface area (Å²) in [6.07, 6.45) is 2.00. The third kappa shape index (κ3) is 3.30. The molecule has 1 aliphatic rings. The highest BCUT2D eigenvalue weighted by Crippen LogP contribution is 2.23. The molecule has 7 heteroatoms. The summed E-state index contributed by atoms with van der Waals surface area (Å²) in [5, 5.41) is 13.4. The van der Waals surface area contributed by atoms with E-state index in [-0.39, 0.29) is 18.6 Å². The van der Waals surface area contributed by atoms with Crippen LogP contribution in [0.2, 0.25) is 0 Å². The van der Waals surface area contributed by atoms with Crippen LogP contribution in [0.1, 0.15) is 18.5 Å². The molecule has 2 heterocycles. The molecule has 0 spiro atoms. The Hall–Kier alpha value is -2.67. The van der Waals surface area contributed by atoms with Crippen LogP contribution in [0.25, 0.3) is 0 Å². The molecule has 1 fully saturated rings. The minimum absolute atomic E-state index is 0.0309. The van der Waals surface area contributed by atoms with Gasteiger partial charge in [-0.25, -0.2) is 4.79 Å². The monoisotopic (exact) mass is 329 g/mol. The molecular formula is C17H19N3O4. The van der Waals surface area contributed by atoms with Crippen LogP contribution >= 0.6 is 0 Å². The van der Waals surface area contributed by atoms with E-state index in [1.165, 1.54) is 0 Å². The van der Waals surface area contributed by atoms with E-state index < -0.39 is 18.1 Å². The number of carboxylic acid groups (broad SMARTS) is 1. The minimum Gasteiger partial charge on any atom is -0.479 e. The summed E-state index contributed by atoms with van der Waals surface area (Å²) in [5.74, 6) is -1.25. The van der Waals surface area contributed by atoms with Crippen LogP contribution in [0.5, 0.6) is 0 Å². The van der Waals surface area contributed by atoms with E-state index in [4.69, 9.17) is 4.74 Å². The second-order valence-corrected chi connectivity index (χ2v) is 5.82. The number of amides is 1. The Labute approximate surface area is 139 Å². The van der Waals surface area contributed by atoms with Crippen molar-refractivity contribution in [3.8, 4) is 0 Å². The molecule has 1 aromatic carbocycles. The third-order valence-electron chi connectivity index (χ3n) is 3.99. The van der Waals surface area contributed by atoms with Crippen molar-refractivity contribution in [1.82, 2.24) is 14.7 Å². The second-order valence-electron chi connectivity index (χ2n) is 5.82. The maximum Gasteiger partial charge on any atom is 0.334 e. The van der Waals surface area contributed by atoms with Gasteiger partial charge < -0.3 is 14.7 Å². The smallest absolute Gasteiger partial charge is 0.334 e. The first-order valence-corrected chi connectivity index (χ1v) is 7.77. The van der Waals surface area contributed by atoms with Crippen molar-refractivity contribution in [3.05, 3.63) is 54.4 Å². The molecule has 3 rings (SSSR count). The standard InChI is InChI=1S/C17H19N3O4/c1-12-10-19(11-14(24-12)17(22)23)16(21)15(20-9-5-8-18-20)13-6-3-2-4-7-13/h2-9,12,14-15H,10-11H2,1H3,(H,22,23)/t12-,14?,15?/m1/s1. The van der Waals surface area contributed by atoms with Gasteiger partial charge in [-0.1, -0.05) is 30.3 Å². The number of aromatic nitrogens is 2. The van der Waals surface area contributed by atoms with Gasteiger partial charge in [-0.2, -0.15) is 5.10 Å². The van der Waals surface area contributed by atoms with Crippen LogP contribution in [0.15, 0.2) is 48.8 Å². The predicted molar refractivity (Wildman–Crippen MR) is 85.4 cm³/mol. The van der Waals surface area contributed by atoms with Gasteiger partial charge in [0, 0.05) is 18.9 Å². The fourth-order valence-electron chi connectivity index (χ4n) is 2.92. The van der Waals surface area contributed by atoms with Crippen molar-refractivity contribution in [3.63, 3.8) is 0 Å². The average Bonchev–Trinajstić information content (AvgIpc) is 3.09. The third-order valence-corrected chi connectivity index (χ3v) is 3.99. The molecule has 1 aromatic heterocycles. The van der Waals surface area contributed by atoms with Crippen LogP contribution in [-0.2, 0) is 14.3 Å². The van der Waals surface area contributed by atoms with Gasteiger partial charge in [-0.3, -0.25) is 9.48 Å². The predicted octanol–water partition coefficient (Wildman–Crippen LogP) is 1.17. The van der Waals surface area contributed by atoms with Crippen LogP contribution in [-0.4, -0.2) is 57.0 Å². The highest BCUT2D eigenvalue weighted by Gasteiger charge is 2.36. The Bertz CT molecular complexity index is 702. The number of aliphatic carboxylic acids is 1. The lowest BCUT2D eigenvalue weighted by Gasteiger charge is -2.36. The molecular weight excluding hydrogens is 310 g/mol. The lowest BCUT2D eigenvalue weighted by atomic mass is 10.0. The lowest BCUT2D eigenvalue weighted by Crippen LogP contribution is -2.53. The topological polar surface area (TPSA) is 84.7 Å². The van der Waals surface area contributed by atoms with Crippen molar-refractivity contribution in [2.45, 2.75) is 25.2 Å². The molecule has 2 unspecified atom stereocenters. The highest BCUT2D eigenvalue weighted by molar-refractivity contribution is 5.84. The van der Waals surface area contributed by atoms with Crippen LogP contribution in [0, 0.1) is 0 Å². The largest absolute Gasteiger partial charge is 0.479 e. The molecule has 1 saturated heterocycles. The number of hydrogen-bond donors (Lipinski definition) is 1. The van der Waals surface area contributed by atoms with Crippen LogP contribution in [0.4, 0.5) is 0 Å². The second kappa shape index (κ2) is 6.84. The number of nitrogens with zero attached hydrogens (tertiary/aromatic N) is 3. The number of carbonyl (C=O) groups excluding carboxylic acids is 1. The molecule has 0 bridgehead atoms. The van der Waals surface area contributed by atoms with Gasteiger partial charge in [0.15, 0.2) is 12.1 Å². The molecule has 0 radical (unpaired) electrons. The van der Waals surface area contributed by atoms with Crippen molar-refractivity contribution in [1.29, 1.82) is 0 Å². The molecule has 1 N–H and O–H groups in total. The fraction of sp³-hybridized carbons (Fsp3) is 0.353. The zero-order valence-electron chi connectivity index (χ0n) is 13.3. The van der Waals surface area contributed by atoms with Crippen molar-refractivity contribution < 1.29 is 19.4 Å². The summed E-state index contributed by atoms with van der Waals surface area (Å²) in [4.78, 5) is 25.9. The molecule has 126 valence electrons. The van der Waals surface area contributed by atoms with E-state index in [2.05, 4.69) is 5.10 Å². The van der Waals surface area contributed by atoms with E-state index in [0.29, 0.717) is 6.54 Å². The zero-order valence-corrected chi connectivity index (χ0v) is 13.3. The van der Waals surface area contributed by atoms with E-state index >= 15 is 0 Å². The number of carbonyl (C=O) groups is 2. The summed E-state index contributed by atoms with van der Waals surface area (Å²) in [7, 11) is 0. The van der Waals surface area contributed by atoms with Gasteiger partial charge in [-0.15, -0.1) is 0 Å². The number of hydrogen-bond acceptors (Lipinski definition) is 4. The molecule has 0 saturated carbocycles. The van der Waals surface area contributed by atoms with Crippen LogP contribution in [0.3, 0.4) is 0 Å². The first-order valence-electron chi connectivity index (χ1n) is 7.77. The lowest BCUT2D eigenvalue weighted by molar-refractivity contribution is -0.167. The number of carboxylic acids is 1. The molecule has 2 aromatic rings. The van der Waals surface area contributed by atoms with E-state index in [1.54, 1.807) is 35.0 Å². The zero-order chi connectivity index (χ0) is 17.1. The Kier molecular flexibility index (Phi) is 4.61. The summed E-state index contributed by atoms with van der Waals surface area (Å²) in [5.41, 5.74) is 0.803. The van der Waals surface area contributed by atoms with Crippen molar-refractivity contribution in [2.75, 3.05) is 13.1 Å². The highest BCUT2D eigenvalue weighted by atomic mass is 16.5. The van der Waals surface area contributed by atoms with Crippen LogP contribution < -0.4 is 0 Å². The Morgan fingerprint density at radius 3 is 2.62 bits per heavy atom. The molecule has 1 amide bonds. The number of morpholine rings is 1. The SMILES string of the molecule is C[C@@H]1CN(C(=O)C(c2ccccc2)n2cccn2)CC(C(=O)O)O1. The number of benzene rings is 1. The van der Waals surface area contributed by atoms with Gasteiger partial charge in [0.25, 0.3) is 5.91 Å². The molecule has 24 heavy (non-hydrogen) atoms. The maximum absolute atomic E-state index is 13.1. The first kappa shape index (κ1) is 16.2. The molecule has 0 aliphatic carbocycles. The molecule has 7 nitrogen and oxygen atoms in total. The summed E-state index contributed by atoms with van der Waals surface area (Å²) < 4.78 is 6.98. The fourth-order valence-corrected chi connectivity index (χ4v) is 2.92. The molecule has 1 aliphatic heterocycles. The van der Waals surface area contributed by atoms with E-state index in [1.807, 2.05) is 30.3 Å². The molecule has 3 atom stereocenters. The maximum atomic E-state index is 13.1. The van der Waals surface area contributed by atoms with Crippen molar-refractivity contribution in [2.24, 2.45) is 0 Å².